The fraction of sp³-hybridized carbons (Fsp3) is 0.417. The molecule has 1 fully saturated rings. The number of hydroxylamine groups is 3. The van der Waals surface area contributed by atoms with Gasteiger partial charge in [-0.05, 0) is 43.5 Å². The van der Waals surface area contributed by atoms with E-state index in [-0.39, 0.29) is 41.9 Å². The molecule has 0 aromatic heterocycles. The van der Waals surface area contributed by atoms with Crippen LogP contribution in [0, 0.1) is 16.4 Å². The Bertz CT molecular complexity index is 1140. The Hall–Kier alpha value is -2.49. The number of fused-ring (bicyclic) bond motifs is 1. The topological polar surface area (TPSA) is 89.9 Å². The molecule has 174 valence electrons. The normalized spacial score (nSPS) is 26.9. The highest BCUT2D eigenvalue weighted by molar-refractivity contribution is 9.10. The summed E-state index contributed by atoms with van der Waals surface area (Å²) in [5.74, 6) is -2.94. The second-order valence-electron chi connectivity index (χ2n) is 8.66. The summed E-state index contributed by atoms with van der Waals surface area (Å²) >= 11 is 3.17. The third kappa shape index (κ3) is 3.82. The molecule has 1 aliphatic carbocycles. The summed E-state index contributed by atoms with van der Waals surface area (Å²) in [5, 5.41) is 20.3. The van der Waals surface area contributed by atoms with Gasteiger partial charge in [0.2, 0.25) is 0 Å². The number of carbonyl (C=O) groups excluding carboxylic acids is 3. The maximum atomic E-state index is 14.6. The molecule has 7 nitrogen and oxygen atoms in total. The van der Waals surface area contributed by atoms with Gasteiger partial charge in [-0.2, -0.15) is 5.10 Å². The Morgan fingerprint density at radius 3 is 2.67 bits per heavy atom. The summed E-state index contributed by atoms with van der Waals surface area (Å²) in [6.45, 7) is 3.73. The largest absolute Gasteiger partial charge is 0.617 e. The molecular weight excluding hydrogens is 493 g/mol. The maximum Gasteiger partial charge on any atom is 0.353 e. The lowest BCUT2D eigenvalue weighted by Gasteiger charge is -2.47. The number of hydrazone groups is 1. The predicted octanol–water partition coefficient (Wildman–Crippen LogP) is 4.16. The van der Waals surface area contributed by atoms with E-state index in [9.17, 15) is 24.0 Å². The third-order valence-electron chi connectivity index (χ3n) is 6.67. The smallest absolute Gasteiger partial charge is 0.353 e. The van der Waals surface area contributed by atoms with Gasteiger partial charge in [0, 0.05) is 34.3 Å². The summed E-state index contributed by atoms with van der Waals surface area (Å²) in [6.07, 6.45) is 4.75. The summed E-state index contributed by atoms with van der Waals surface area (Å²) in [7, 11) is 0. The number of rotatable bonds is 5. The molecule has 1 aromatic carbocycles. The Balaban J connectivity index is 1.82. The molecule has 2 aliphatic heterocycles. The van der Waals surface area contributed by atoms with Crippen molar-refractivity contribution < 1.29 is 23.4 Å². The zero-order chi connectivity index (χ0) is 24.0. The molecule has 2 amide bonds. The molecular formula is C24H25BrFN3O4. The van der Waals surface area contributed by atoms with Crippen molar-refractivity contribution in [2.45, 2.75) is 46.1 Å². The number of carbonyl (C=O) groups is 3. The summed E-state index contributed by atoms with van der Waals surface area (Å²) in [6, 6.07) is 4.13. The number of hydrogen-bond acceptors (Lipinski definition) is 6. The van der Waals surface area contributed by atoms with Crippen LogP contribution in [-0.2, 0) is 20.9 Å². The number of Topliss-reactive ketones (excluding diaryl/α,β-unsaturated/α-hetero) is 1. The first kappa shape index (κ1) is 23.7. The summed E-state index contributed by atoms with van der Waals surface area (Å²) in [5.41, 5.74) is -0.458. The van der Waals surface area contributed by atoms with Crippen molar-refractivity contribution in [3.05, 3.63) is 62.6 Å². The van der Waals surface area contributed by atoms with Crippen LogP contribution in [0.4, 0.5) is 4.39 Å². The van der Waals surface area contributed by atoms with Gasteiger partial charge in [0.25, 0.3) is 0 Å². The Morgan fingerprint density at radius 1 is 1.27 bits per heavy atom. The molecule has 2 atom stereocenters. The van der Waals surface area contributed by atoms with Gasteiger partial charge in [0.1, 0.15) is 17.8 Å². The van der Waals surface area contributed by atoms with Gasteiger partial charge in [-0.1, -0.05) is 35.9 Å². The molecule has 0 N–H and O–H groups in total. The number of nitrogens with zero attached hydrogens (tertiary/aromatic N) is 3. The van der Waals surface area contributed by atoms with E-state index in [2.05, 4.69) is 21.0 Å². The maximum absolute atomic E-state index is 14.6. The van der Waals surface area contributed by atoms with Crippen LogP contribution in [-0.4, -0.2) is 46.1 Å². The molecule has 0 radical (unpaired) electrons. The van der Waals surface area contributed by atoms with Crippen LogP contribution >= 0.6 is 15.9 Å². The molecule has 2 heterocycles. The number of allylic oxidation sites excluding steroid dienone is 1. The van der Waals surface area contributed by atoms with Gasteiger partial charge in [-0.15, -0.1) is 0 Å². The lowest BCUT2D eigenvalue weighted by Crippen LogP contribution is -2.63. The van der Waals surface area contributed by atoms with Crippen molar-refractivity contribution in [1.82, 2.24) is 5.01 Å². The van der Waals surface area contributed by atoms with E-state index in [1.807, 2.05) is 13.8 Å². The second kappa shape index (κ2) is 8.70. The van der Waals surface area contributed by atoms with Gasteiger partial charge in [-0.25, -0.2) is 18.6 Å². The average molecular weight is 518 g/mol. The van der Waals surface area contributed by atoms with Crippen LogP contribution in [0.1, 0.15) is 45.1 Å². The number of hydrogen-bond donors (Lipinski definition) is 0. The molecule has 1 aromatic rings. The molecule has 4 rings (SSSR count). The third-order valence-corrected chi connectivity index (χ3v) is 7.16. The summed E-state index contributed by atoms with van der Waals surface area (Å²) < 4.78 is 13.2. The number of imide groups is 1. The van der Waals surface area contributed by atoms with E-state index in [1.54, 1.807) is 11.1 Å². The first-order chi connectivity index (χ1) is 15.7. The van der Waals surface area contributed by atoms with Gasteiger partial charge in [0.05, 0.1) is 12.1 Å². The quantitative estimate of drug-likeness (QED) is 0.253. The first-order valence-electron chi connectivity index (χ1n) is 11.0. The van der Waals surface area contributed by atoms with Crippen molar-refractivity contribution in [2.24, 2.45) is 10.5 Å². The molecule has 1 saturated heterocycles. The molecule has 1 spiro atoms. The standard InChI is InChI=1S/C24H25BrFN3O4/c1-3-17(4-2)27-28-11-10-24(14-28)21-18(6-5-7-20(21)30)22(31)29(33,23(24)32)13-15-8-9-16(25)12-19(15)26/h5-6,8-9,12H,3-4,7,10-11,13-14H2,1-2H3. The van der Waals surface area contributed by atoms with Gasteiger partial charge < -0.3 is 5.21 Å². The predicted molar refractivity (Wildman–Crippen MR) is 124 cm³/mol. The second-order valence-corrected chi connectivity index (χ2v) is 9.57. The zero-order valence-electron chi connectivity index (χ0n) is 18.6. The summed E-state index contributed by atoms with van der Waals surface area (Å²) in [4.78, 5) is 40.1. The number of ketones is 1. The Labute approximate surface area is 199 Å². The van der Waals surface area contributed by atoms with Crippen LogP contribution < -0.4 is 0 Å². The van der Waals surface area contributed by atoms with Crippen molar-refractivity contribution in [1.29, 1.82) is 0 Å². The van der Waals surface area contributed by atoms with Crippen molar-refractivity contribution >= 4 is 39.2 Å². The van der Waals surface area contributed by atoms with E-state index >= 15 is 0 Å². The highest BCUT2D eigenvalue weighted by Gasteiger charge is 2.63. The van der Waals surface area contributed by atoms with E-state index < -0.39 is 34.2 Å². The number of benzene rings is 1. The van der Waals surface area contributed by atoms with Crippen LogP contribution in [0.3, 0.4) is 0 Å². The zero-order valence-corrected chi connectivity index (χ0v) is 20.2. The van der Waals surface area contributed by atoms with Crippen molar-refractivity contribution in [3.63, 3.8) is 0 Å². The van der Waals surface area contributed by atoms with Crippen LogP contribution in [0.5, 0.6) is 0 Å². The van der Waals surface area contributed by atoms with Gasteiger partial charge >= 0.3 is 11.8 Å². The Kier molecular flexibility index (Phi) is 6.24. The lowest BCUT2D eigenvalue weighted by molar-refractivity contribution is -0.743. The Morgan fingerprint density at radius 2 is 2.00 bits per heavy atom. The number of amides is 2. The minimum atomic E-state index is -1.86. The van der Waals surface area contributed by atoms with Gasteiger partial charge in [0.15, 0.2) is 5.78 Å². The van der Waals surface area contributed by atoms with Crippen LogP contribution in [0.15, 0.2) is 51.1 Å². The minimum absolute atomic E-state index is 0.0320. The van der Waals surface area contributed by atoms with E-state index in [0.29, 0.717) is 11.0 Å². The minimum Gasteiger partial charge on any atom is -0.617 e. The SMILES string of the molecule is CCC(CC)=NN1CCC2(C1)C(=O)[N+]([O-])(Cc1ccc(Br)cc1F)C(=O)C1=C2C(=O)CC=C1. The van der Waals surface area contributed by atoms with E-state index in [4.69, 9.17) is 0 Å². The molecule has 9 heteroatoms. The van der Waals surface area contributed by atoms with E-state index in [1.165, 1.54) is 24.3 Å². The average Bonchev–Trinajstić information content (AvgIpc) is 3.21. The molecule has 0 bridgehead atoms. The van der Waals surface area contributed by atoms with E-state index in [0.717, 1.165) is 18.6 Å². The van der Waals surface area contributed by atoms with Crippen LogP contribution in [0.25, 0.3) is 0 Å². The first-order valence-corrected chi connectivity index (χ1v) is 11.8. The number of quaternary nitrogens is 1. The highest BCUT2D eigenvalue weighted by Crippen LogP contribution is 2.49. The number of halogens is 2. The van der Waals surface area contributed by atoms with Crippen molar-refractivity contribution in [3.8, 4) is 0 Å². The lowest BCUT2D eigenvalue weighted by atomic mass is 9.69. The van der Waals surface area contributed by atoms with Crippen LogP contribution in [0.2, 0.25) is 0 Å². The van der Waals surface area contributed by atoms with Gasteiger partial charge in [-0.3, -0.25) is 9.80 Å². The monoisotopic (exact) mass is 517 g/mol. The fourth-order valence-corrected chi connectivity index (χ4v) is 5.27. The molecule has 0 saturated carbocycles. The molecule has 33 heavy (non-hydrogen) atoms. The highest BCUT2D eigenvalue weighted by atomic mass is 79.9. The molecule has 2 unspecified atom stereocenters. The fourth-order valence-electron chi connectivity index (χ4n) is 4.94. The molecule has 3 aliphatic rings. The van der Waals surface area contributed by atoms with Crippen molar-refractivity contribution in [2.75, 3.05) is 13.1 Å².